The number of esters is 2. The number of nitrogens with zero attached hydrogens (tertiary/aromatic N) is 2. The summed E-state index contributed by atoms with van der Waals surface area (Å²) in [5.74, 6) is -2.08. The van der Waals surface area contributed by atoms with Crippen LogP contribution in [0.15, 0.2) is 17.3 Å². The summed E-state index contributed by atoms with van der Waals surface area (Å²) in [4.78, 5) is 27.1. The smallest absolute Gasteiger partial charge is 0.325 e. The summed E-state index contributed by atoms with van der Waals surface area (Å²) in [6.45, 7) is 3.69. The highest BCUT2D eigenvalue weighted by atomic mass is 16.6. The van der Waals surface area contributed by atoms with Crippen molar-refractivity contribution in [3.8, 4) is 0 Å². The Morgan fingerprint density at radius 3 is 2.44 bits per heavy atom. The molecule has 7 nitrogen and oxygen atoms in total. The lowest BCUT2D eigenvalue weighted by atomic mass is 10.2. The van der Waals surface area contributed by atoms with E-state index in [0.29, 0.717) is 5.82 Å². The fraction of sp³-hybridized carbons (Fsp3) is 0.455. The summed E-state index contributed by atoms with van der Waals surface area (Å²) >= 11 is 0. The van der Waals surface area contributed by atoms with E-state index in [2.05, 4.69) is 15.2 Å². The monoisotopic (exact) mass is 253 g/mol. The Morgan fingerprint density at radius 2 is 2.00 bits per heavy atom. The van der Waals surface area contributed by atoms with Gasteiger partial charge in [-0.1, -0.05) is 0 Å². The first-order valence-corrected chi connectivity index (χ1v) is 5.55. The largest absolute Gasteiger partial charge is 0.465 e. The molecule has 0 aromatic carbocycles. The van der Waals surface area contributed by atoms with Gasteiger partial charge < -0.3 is 9.47 Å². The molecule has 0 aliphatic carbocycles. The van der Waals surface area contributed by atoms with Crippen LogP contribution in [0.5, 0.6) is 0 Å². The van der Waals surface area contributed by atoms with Crippen molar-refractivity contribution in [1.29, 1.82) is 0 Å². The first-order valence-electron chi connectivity index (χ1n) is 5.55. The topological polar surface area (TPSA) is 93.6 Å². The molecule has 0 fully saturated rings. The third-order valence-electron chi connectivity index (χ3n) is 1.93. The van der Waals surface area contributed by atoms with E-state index in [1.807, 2.05) is 0 Å². The van der Waals surface area contributed by atoms with E-state index >= 15 is 0 Å². The number of aromatic nitrogens is 2. The molecule has 0 atom stereocenters. The van der Waals surface area contributed by atoms with Crippen LogP contribution in [0, 0.1) is 5.92 Å². The number of ether oxygens (including phenoxy) is 2. The molecule has 1 aromatic rings. The van der Waals surface area contributed by atoms with Crippen LogP contribution in [0.2, 0.25) is 0 Å². The highest BCUT2D eigenvalue weighted by Gasteiger charge is 2.27. The highest BCUT2D eigenvalue weighted by molar-refractivity contribution is 6.09. The van der Waals surface area contributed by atoms with Gasteiger partial charge in [0.2, 0.25) is 0 Å². The van der Waals surface area contributed by atoms with Gasteiger partial charge in [-0.25, -0.2) is 4.99 Å². The van der Waals surface area contributed by atoms with Gasteiger partial charge in [0.25, 0.3) is 0 Å². The van der Waals surface area contributed by atoms with Gasteiger partial charge in [0.15, 0.2) is 5.92 Å². The molecule has 1 N–H and O–H groups in total. The van der Waals surface area contributed by atoms with Crippen molar-refractivity contribution in [2.45, 2.75) is 13.8 Å². The van der Waals surface area contributed by atoms with E-state index in [1.54, 1.807) is 19.9 Å². The summed E-state index contributed by atoms with van der Waals surface area (Å²) in [7, 11) is 0. The van der Waals surface area contributed by atoms with E-state index in [-0.39, 0.29) is 13.2 Å². The van der Waals surface area contributed by atoms with Crippen LogP contribution in [-0.2, 0) is 19.1 Å². The van der Waals surface area contributed by atoms with E-state index in [0.717, 1.165) is 0 Å². The zero-order valence-electron chi connectivity index (χ0n) is 10.3. The average molecular weight is 253 g/mol. The van der Waals surface area contributed by atoms with Gasteiger partial charge in [0.1, 0.15) is 5.82 Å². The summed E-state index contributed by atoms with van der Waals surface area (Å²) < 4.78 is 9.57. The molecule has 1 heterocycles. The minimum absolute atomic E-state index is 0.187. The molecule has 0 unspecified atom stereocenters. The molecule has 0 aliphatic rings. The number of carbonyl (C=O) groups is 2. The summed E-state index contributed by atoms with van der Waals surface area (Å²) in [6.07, 6.45) is 2.69. The Hall–Kier alpha value is -2.18. The maximum absolute atomic E-state index is 11.6. The lowest BCUT2D eigenvalue weighted by molar-refractivity contribution is -0.157. The van der Waals surface area contributed by atoms with Crippen molar-refractivity contribution in [1.82, 2.24) is 10.2 Å². The highest BCUT2D eigenvalue weighted by Crippen LogP contribution is 2.07. The van der Waals surface area contributed by atoms with Crippen LogP contribution in [-0.4, -0.2) is 41.6 Å². The Balaban J connectivity index is 2.77. The standard InChI is InChI=1S/C11H15N3O4/c1-3-17-10(15)8(11(16)18-4-2)7-12-9-5-6-13-14-9/h5-8H,3-4H2,1-2H3,(H,13,14). The van der Waals surface area contributed by atoms with E-state index in [9.17, 15) is 9.59 Å². The van der Waals surface area contributed by atoms with Crippen molar-refractivity contribution in [3.63, 3.8) is 0 Å². The Kier molecular flexibility index (Phi) is 5.56. The van der Waals surface area contributed by atoms with Crippen LogP contribution < -0.4 is 0 Å². The number of hydrogen-bond donors (Lipinski definition) is 1. The minimum atomic E-state index is -1.16. The molecule has 0 saturated heterocycles. The van der Waals surface area contributed by atoms with Gasteiger partial charge in [-0.05, 0) is 13.8 Å². The molecular formula is C11H15N3O4. The number of aromatic amines is 1. The first kappa shape index (κ1) is 13.9. The van der Waals surface area contributed by atoms with Gasteiger partial charge in [0, 0.05) is 12.3 Å². The number of rotatable bonds is 6. The molecular weight excluding hydrogens is 238 g/mol. The Bertz CT molecular complexity index is 396. The van der Waals surface area contributed by atoms with Gasteiger partial charge in [-0.15, -0.1) is 0 Å². The number of aliphatic imine (C=N–C) groups is 1. The third-order valence-corrected chi connectivity index (χ3v) is 1.93. The van der Waals surface area contributed by atoms with Crippen LogP contribution in [0.4, 0.5) is 5.82 Å². The lowest BCUT2D eigenvalue weighted by Gasteiger charge is -2.09. The second-order valence-electron chi connectivity index (χ2n) is 3.20. The van der Waals surface area contributed by atoms with Gasteiger partial charge in [-0.2, -0.15) is 5.10 Å². The second-order valence-corrected chi connectivity index (χ2v) is 3.20. The van der Waals surface area contributed by atoms with Crippen LogP contribution in [0.25, 0.3) is 0 Å². The summed E-state index contributed by atoms with van der Waals surface area (Å²) in [5.41, 5.74) is 0. The van der Waals surface area contributed by atoms with E-state index in [1.165, 1.54) is 12.4 Å². The van der Waals surface area contributed by atoms with Crippen molar-refractivity contribution in [3.05, 3.63) is 12.3 Å². The minimum Gasteiger partial charge on any atom is -0.465 e. The molecule has 7 heteroatoms. The summed E-state index contributed by atoms with van der Waals surface area (Å²) in [5, 5.41) is 6.27. The fourth-order valence-corrected chi connectivity index (χ4v) is 1.16. The molecule has 0 bridgehead atoms. The zero-order chi connectivity index (χ0) is 13.4. The molecule has 0 saturated carbocycles. The summed E-state index contributed by atoms with van der Waals surface area (Å²) in [6, 6.07) is 1.60. The molecule has 0 aliphatic heterocycles. The quantitative estimate of drug-likeness (QED) is 0.461. The van der Waals surface area contributed by atoms with E-state index < -0.39 is 17.9 Å². The van der Waals surface area contributed by atoms with Crippen molar-refractivity contribution < 1.29 is 19.1 Å². The molecule has 0 amide bonds. The predicted molar refractivity (Wildman–Crippen MR) is 63.5 cm³/mol. The van der Waals surface area contributed by atoms with E-state index in [4.69, 9.17) is 9.47 Å². The predicted octanol–water partition coefficient (Wildman–Crippen LogP) is 0.854. The molecule has 1 rings (SSSR count). The van der Waals surface area contributed by atoms with Gasteiger partial charge in [0.05, 0.1) is 19.4 Å². The van der Waals surface area contributed by atoms with Crippen LogP contribution >= 0.6 is 0 Å². The maximum atomic E-state index is 11.6. The first-order chi connectivity index (χ1) is 8.69. The Labute approximate surface area is 104 Å². The van der Waals surface area contributed by atoms with Gasteiger partial charge >= 0.3 is 11.9 Å². The molecule has 0 radical (unpaired) electrons. The van der Waals surface area contributed by atoms with Crippen molar-refractivity contribution in [2.75, 3.05) is 13.2 Å². The number of H-pyrrole nitrogens is 1. The normalized spacial score (nSPS) is 10.8. The second kappa shape index (κ2) is 7.21. The molecule has 1 aromatic heterocycles. The van der Waals surface area contributed by atoms with Crippen molar-refractivity contribution in [2.24, 2.45) is 10.9 Å². The molecule has 98 valence electrons. The van der Waals surface area contributed by atoms with Crippen LogP contribution in [0.3, 0.4) is 0 Å². The SMILES string of the molecule is CCOC(=O)C(C=Nc1ccn[nH]1)C(=O)OCC. The lowest BCUT2D eigenvalue weighted by Crippen LogP contribution is -2.29. The fourth-order valence-electron chi connectivity index (χ4n) is 1.16. The van der Waals surface area contributed by atoms with Crippen molar-refractivity contribution >= 4 is 24.0 Å². The van der Waals surface area contributed by atoms with Crippen LogP contribution in [0.1, 0.15) is 13.8 Å². The zero-order valence-corrected chi connectivity index (χ0v) is 10.3. The molecule has 0 spiro atoms. The molecule has 18 heavy (non-hydrogen) atoms. The van der Waals surface area contributed by atoms with Gasteiger partial charge in [-0.3, -0.25) is 14.7 Å². The third kappa shape index (κ3) is 4.00. The maximum Gasteiger partial charge on any atom is 0.325 e. The Morgan fingerprint density at radius 1 is 1.39 bits per heavy atom. The number of carbonyl (C=O) groups excluding carboxylic acids is 2. The number of hydrogen-bond acceptors (Lipinski definition) is 6. The number of nitrogens with one attached hydrogen (secondary N) is 1. The average Bonchev–Trinajstić information content (AvgIpc) is 2.83.